The minimum absolute atomic E-state index is 0.519. The van der Waals surface area contributed by atoms with Crippen molar-refractivity contribution >= 4 is 43.9 Å². The summed E-state index contributed by atoms with van der Waals surface area (Å²) in [4.78, 5) is 16.0. The second kappa shape index (κ2) is 12.8. The zero-order chi connectivity index (χ0) is 41.2. The Kier molecular flexibility index (Phi) is 6.97. The van der Waals surface area contributed by atoms with Gasteiger partial charge < -0.3 is 8.83 Å². The van der Waals surface area contributed by atoms with Crippen molar-refractivity contribution in [3.63, 3.8) is 0 Å². The van der Waals surface area contributed by atoms with Crippen LogP contribution in [0, 0.1) is 0 Å². The summed E-state index contributed by atoms with van der Waals surface area (Å²) >= 11 is 0. The van der Waals surface area contributed by atoms with Gasteiger partial charge >= 0.3 is 0 Å². The molecule has 1 spiro atoms. The molecule has 0 saturated heterocycles. The summed E-state index contributed by atoms with van der Waals surface area (Å²) in [6.45, 7) is 0. The predicted molar refractivity (Wildman–Crippen MR) is 252 cm³/mol. The fraction of sp³-hybridized carbons (Fsp3) is 0.0172. The van der Waals surface area contributed by atoms with E-state index in [1.165, 1.54) is 44.5 Å². The fourth-order valence-electron chi connectivity index (χ4n) is 10.8. The number of nitrogens with zero attached hydrogens (tertiary/aromatic N) is 3. The summed E-state index contributed by atoms with van der Waals surface area (Å²) in [5, 5.41) is 4.11. The molecule has 3 aromatic heterocycles. The molecule has 0 aliphatic heterocycles. The molecule has 0 atom stereocenters. The van der Waals surface area contributed by atoms with Gasteiger partial charge in [0.25, 0.3) is 0 Å². The third-order valence-electron chi connectivity index (χ3n) is 13.4. The summed E-state index contributed by atoms with van der Waals surface area (Å²) in [5.41, 5.74) is 17.2. The highest BCUT2D eigenvalue weighted by Crippen LogP contribution is 2.61. The van der Waals surface area contributed by atoms with E-state index in [4.69, 9.17) is 23.8 Å². The van der Waals surface area contributed by atoms with Crippen molar-refractivity contribution < 1.29 is 8.83 Å². The van der Waals surface area contributed by atoms with Crippen molar-refractivity contribution in [1.82, 2.24) is 15.0 Å². The summed E-state index contributed by atoms with van der Waals surface area (Å²) in [6.07, 6.45) is 0. The minimum Gasteiger partial charge on any atom is -0.455 e. The third-order valence-corrected chi connectivity index (χ3v) is 13.4. The highest BCUT2D eigenvalue weighted by molar-refractivity contribution is 6.10. The van der Waals surface area contributed by atoms with E-state index in [-0.39, 0.29) is 0 Å². The number of fused-ring (bicyclic) bond motifs is 18. The Bertz CT molecular complexity index is 3720. The predicted octanol–water partition coefficient (Wildman–Crippen LogP) is 14.7. The van der Waals surface area contributed by atoms with E-state index in [1.54, 1.807) is 0 Å². The lowest BCUT2D eigenvalue weighted by Crippen LogP contribution is -2.29. The zero-order valence-electron chi connectivity index (χ0n) is 33.7. The zero-order valence-corrected chi connectivity index (χ0v) is 33.7. The maximum absolute atomic E-state index is 6.59. The average molecular weight is 804 g/mol. The standard InChI is InChI=1S/C58H33N3O2/c1-2-16-36-35(15-1)37-17-3-8-26-47(37)58(48-27-9-4-18-38(48)39-19-5-10-28-49(39)58)50-32-31-34(33-46(36)50)55-59-56(44-24-13-22-42-40-20-6-11-29-51(40)62-53(42)44)61-57(60-55)45-25-14-23-43-41-21-7-12-30-52(41)63-54(43)45/h1-33H. The Morgan fingerprint density at radius 1 is 0.286 bits per heavy atom. The van der Waals surface area contributed by atoms with Crippen molar-refractivity contribution in [2.24, 2.45) is 0 Å². The topological polar surface area (TPSA) is 65.0 Å². The van der Waals surface area contributed by atoms with Crippen molar-refractivity contribution in [3.8, 4) is 67.5 Å². The summed E-state index contributed by atoms with van der Waals surface area (Å²) in [7, 11) is 0. The van der Waals surface area contributed by atoms with Crippen molar-refractivity contribution in [1.29, 1.82) is 0 Å². The van der Waals surface area contributed by atoms with E-state index in [0.29, 0.717) is 17.5 Å². The molecule has 2 aliphatic carbocycles. The third kappa shape index (κ3) is 4.68. The largest absolute Gasteiger partial charge is 0.455 e. The van der Waals surface area contributed by atoms with Gasteiger partial charge in [0.2, 0.25) is 0 Å². The molecule has 5 nitrogen and oxygen atoms in total. The van der Waals surface area contributed by atoms with E-state index in [2.05, 4.69) is 152 Å². The molecule has 0 bridgehead atoms. The molecule has 0 amide bonds. The second-order valence-electron chi connectivity index (χ2n) is 16.6. The highest BCUT2D eigenvalue weighted by Gasteiger charge is 2.49. The van der Waals surface area contributed by atoms with Crippen LogP contribution in [0.1, 0.15) is 22.3 Å². The first-order chi connectivity index (χ1) is 31.2. The van der Waals surface area contributed by atoms with Crippen LogP contribution in [-0.2, 0) is 5.41 Å². The lowest BCUT2D eigenvalue weighted by Gasteiger charge is -2.35. The Labute approximate surface area is 361 Å². The van der Waals surface area contributed by atoms with Crippen LogP contribution in [0.4, 0.5) is 0 Å². The number of aromatic nitrogens is 3. The quantitative estimate of drug-likeness (QED) is 0.178. The second-order valence-corrected chi connectivity index (χ2v) is 16.6. The Morgan fingerprint density at radius 2 is 0.667 bits per heavy atom. The normalized spacial score (nSPS) is 13.2. The van der Waals surface area contributed by atoms with E-state index in [9.17, 15) is 0 Å². The number of benzene rings is 9. The van der Waals surface area contributed by atoms with Crippen LogP contribution >= 0.6 is 0 Å². The van der Waals surface area contributed by atoms with Gasteiger partial charge in [-0.3, -0.25) is 0 Å². The van der Waals surface area contributed by atoms with Crippen LogP contribution < -0.4 is 0 Å². The smallest absolute Gasteiger partial charge is 0.167 e. The molecule has 0 unspecified atom stereocenters. The van der Waals surface area contributed by atoms with Crippen LogP contribution in [0.2, 0.25) is 0 Å². The van der Waals surface area contributed by atoms with E-state index in [0.717, 1.165) is 71.7 Å². The van der Waals surface area contributed by atoms with Crippen LogP contribution in [-0.4, -0.2) is 15.0 Å². The van der Waals surface area contributed by atoms with Gasteiger partial charge in [-0.05, 0) is 86.0 Å². The van der Waals surface area contributed by atoms with E-state index in [1.807, 2.05) is 48.5 Å². The van der Waals surface area contributed by atoms with Crippen LogP contribution in [0.5, 0.6) is 0 Å². The fourth-order valence-corrected chi connectivity index (χ4v) is 10.8. The Hall–Kier alpha value is -8.41. The molecule has 5 heteroatoms. The van der Waals surface area contributed by atoms with Crippen LogP contribution in [0.25, 0.3) is 111 Å². The van der Waals surface area contributed by atoms with Gasteiger partial charge in [-0.2, -0.15) is 0 Å². The first-order valence-corrected chi connectivity index (χ1v) is 21.3. The molecule has 3 heterocycles. The minimum atomic E-state index is -0.583. The molecular formula is C58H33N3O2. The molecule has 292 valence electrons. The molecule has 63 heavy (non-hydrogen) atoms. The maximum Gasteiger partial charge on any atom is 0.167 e. The van der Waals surface area contributed by atoms with Gasteiger partial charge in [-0.1, -0.05) is 170 Å². The lowest BCUT2D eigenvalue weighted by atomic mass is 9.66. The van der Waals surface area contributed by atoms with Gasteiger partial charge in [0.15, 0.2) is 17.5 Å². The molecule has 12 aromatic rings. The summed E-state index contributed by atoms with van der Waals surface area (Å²) in [6, 6.07) is 71.1. The SMILES string of the molecule is c1ccc2c(c1)-c1ccccc1C1(c3ccc(-c4nc(-c5cccc6c5oc5ccccc56)nc(-c5cccc6c5oc5ccccc56)n4)cc3-2)c2ccccc2-c2ccccc21. The van der Waals surface area contributed by atoms with Gasteiger partial charge in [0, 0.05) is 27.1 Å². The molecule has 9 aromatic carbocycles. The van der Waals surface area contributed by atoms with Crippen molar-refractivity contribution in [3.05, 3.63) is 222 Å². The molecule has 0 saturated carbocycles. The first kappa shape index (κ1) is 34.3. The van der Waals surface area contributed by atoms with Gasteiger partial charge in [0.1, 0.15) is 22.3 Å². The van der Waals surface area contributed by atoms with Gasteiger partial charge in [-0.15, -0.1) is 0 Å². The van der Waals surface area contributed by atoms with Gasteiger partial charge in [0.05, 0.1) is 16.5 Å². The Balaban J connectivity index is 1.07. The van der Waals surface area contributed by atoms with Crippen molar-refractivity contribution in [2.45, 2.75) is 5.41 Å². The van der Waals surface area contributed by atoms with Crippen LogP contribution in [0.15, 0.2) is 209 Å². The summed E-state index contributed by atoms with van der Waals surface area (Å²) < 4.78 is 13.2. The molecular weight excluding hydrogens is 771 g/mol. The van der Waals surface area contributed by atoms with Crippen molar-refractivity contribution in [2.75, 3.05) is 0 Å². The number of hydrogen-bond donors (Lipinski definition) is 0. The molecule has 0 N–H and O–H groups in total. The van der Waals surface area contributed by atoms with Crippen LogP contribution in [0.3, 0.4) is 0 Å². The lowest BCUT2D eigenvalue weighted by molar-refractivity contribution is 0.669. The first-order valence-electron chi connectivity index (χ1n) is 21.3. The van der Waals surface area contributed by atoms with E-state index >= 15 is 0 Å². The molecule has 0 fully saturated rings. The summed E-state index contributed by atoms with van der Waals surface area (Å²) in [5.74, 6) is 1.59. The molecule has 0 radical (unpaired) electrons. The number of rotatable bonds is 3. The van der Waals surface area contributed by atoms with E-state index < -0.39 is 5.41 Å². The monoisotopic (exact) mass is 803 g/mol. The molecule has 2 aliphatic rings. The van der Waals surface area contributed by atoms with Gasteiger partial charge in [-0.25, -0.2) is 15.0 Å². The average Bonchev–Trinajstić information content (AvgIpc) is 4.00. The number of furan rings is 2. The molecule has 14 rings (SSSR count). The number of para-hydroxylation sites is 4. The Morgan fingerprint density at radius 3 is 1.21 bits per heavy atom. The maximum atomic E-state index is 6.59. The number of hydrogen-bond acceptors (Lipinski definition) is 5. The highest BCUT2D eigenvalue weighted by atomic mass is 16.3.